The molecule has 0 aliphatic carbocycles. The molecule has 0 saturated heterocycles. The molecular weight excluding hydrogens is 472 g/mol. The Morgan fingerprint density at radius 1 is 1.00 bits per heavy atom. The summed E-state index contributed by atoms with van der Waals surface area (Å²) in [5.41, 5.74) is 1.71. The number of methoxy groups -OCH3 is 2. The second-order valence-corrected chi connectivity index (χ2v) is 9.57. The van der Waals surface area contributed by atoms with Gasteiger partial charge in [0.1, 0.15) is 21.7 Å². The number of carbonyl (C=O) groups is 1. The molecule has 5 nitrogen and oxygen atoms in total. The number of rotatable bonds is 6. The van der Waals surface area contributed by atoms with E-state index in [9.17, 15) is 4.79 Å². The van der Waals surface area contributed by atoms with Crippen molar-refractivity contribution in [1.82, 2.24) is 4.98 Å². The molecule has 2 aromatic heterocycles. The highest BCUT2D eigenvalue weighted by molar-refractivity contribution is 9.11. The van der Waals surface area contributed by atoms with Crippen LogP contribution in [0.1, 0.15) is 15.2 Å². The van der Waals surface area contributed by atoms with Crippen molar-refractivity contribution < 1.29 is 14.3 Å². The summed E-state index contributed by atoms with van der Waals surface area (Å²) < 4.78 is 12.7. The molecule has 1 amide bonds. The molecule has 0 aliphatic rings. The highest BCUT2D eigenvalue weighted by Crippen LogP contribution is 2.41. The van der Waals surface area contributed by atoms with E-state index in [1.54, 1.807) is 19.1 Å². The van der Waals surface area contributed by atoms with Crippen molar-refractivity contribution in [2.24, 2.45) is 0 Å². The van der Waals surface area contributed by atoms with Gasteiger partial charge in [0.2, 0.25) is 0 Å². The van der Waals surface area contributed by atoms with Gasteiger partial charge in [-0.1, -0.05) is 41.7 Å². The lowest BCUT2D eigenvalue weighted by Crippen LogP contribution is -2.29. The van der Waals surface area contributed by atoms with E-state index in [0.29, 0.717) is 33.6 Å². The standard InChI is InChI=1S/C21H17BrN2O3S2/c1-26-14-8-9-15(27-2)19-18(14)23-21(29-19)24(12-13-6-4-3-5-7-13)20(25)16-10-11-17(22)28-16/h3-11H,12H2,1-2H3. The van der Waals surface area contributed by atoms with Crippen molar-refractivity contribution >= 4 is 59.9 Å². The fourth-order valence-electron chi connectivity index (χ4n) is 2.94. The maximum Gasteiger partial charge on any atom is 0.270 e. The van der Waals surface area contributed by atoms with Crippen molar-refractivity contribution in [3.05, 3.63) is 68.8 Å². The van der Waals surface area contributed by atoms with Crippen LogP contribution < -0.4 is 14.4 Å². The predicted octanol–water partition coefficient (Wildman–Crippen LogP) is 5.98. The summed E-state index contributed by atoms with van der Waals surface area (Å²) in [5.74, 6) is 1.26. The van der Waals surface area contributed by atoms with Gasteiger partial charge in [0.25, 0.3) is 5.91 Å². The Hall–Kier alpha value is -2.42. The summed E-state index contributed by atoms with van der Waals surface area (Å²) in [6.45, 7) is 0.416. The van der Waals surface area contributed by atoms with Gasteiger partial charge in [-0.25, -0.2) is 4.98 Å². The highest BCUT2D eigenvalue weighted by Gasteiger charge is 2.25. The van der Waals surface area contributed by atoms with Crippen molar-refractivity contribution in [2.75, 3.05) is 19.1 Å². The molecule has 0 fully saturated rings. The topological polar surface area (TPSA) is 51.7 Å². The maximum absolute atomic E-state index is 13.4. The molecule has 2 aromatic carbocycles. The number of benzene rings is 2. The van der Waals surface area contributed by atoms with Crippen LogP contribution in [-0.2, 0) is 6.54 Å². The monoisotopic (exact) mass is 488 g/mol. The average Bonchev–Trinajstić information content (AvgIpc) is 3.38. The number of hydrogen-bond donors (Lipinski definition) is 0. The van der Waals surface area contributed by atoms with E-state index in [0.717, 1.165) is 14.0 Å². The summed E-state index contributed by atoms with van der Waals surface area (Å²) in [6.07, 6.45) is 0. The summed E-state index contributed by atoms with van der Waals surface area (Å²) in [7, 11) is 3.23. The molecule has 0 spiro atoms. The Bertz CT molecular complexity index is 1120. The molecule has 4 aromatic rings. The van der Waals surface area contributed by atoms with Crippen molar-refractivity contribution in [1.29, 1.82) is 0 Å². The fraction of sp³-hybridized carbons (Fsp3) is 0.143. The van der Waals surface area contributed by atoms with Gasteiger partial charge >= 0.3 is 0 Å². The van der Waals surface area contributed by atoms with Gasteiger partial charge < -0.3 is 9.47 Å². The summed E-state index contributed by atoms with van der Waals surface area (Å²) in [4.78, 5) is 20.5. The number of halogens is 1. The zero-order valence-corrected chi connectivity index (χ0v) is 18.9. The van der Waals surface area contributed by atoms with Gasteiger partial charge in [-0.05, 0) is 45.8 Å². The van der Waals surface area contributed by atoms with Gasteiger partial charge in [-0.3, -0.25) is 9.69 Å². The SMILES string of the molecule is COc1ccc(OC)c2sc(N(Cc3ccccc3)C(=O)c3ccc(Br)s3)nc12. The van der Waals surface area contributed by atoms with Crippen LogP contribution in [0, 0.1) is 0 Å². The van der Waals surface area contributed by atoms with E-state index in [1.165, 1.54) is 22.7 Å². The second-order valence-electron chi connectivity index (χ2n) is 6.12. The van der Waals surface area contributed by atoms with Gasteiger partial charge in [-0.15, -0.1) is 11.3 Å². The van der Waals surface area contributed by atoms with E-state index in [2.05, 4.69) is 15.9 Å². The van der Waals surface area contributed by atoms with E-state index < -0.39 is 0 Å². The molecule has 0 radical (unpaired) electrons. The molecule has 0 N–H and O–H groups in total. The first-order valence-corrected chi connectivity index (χ1v) is 11.2. The second kappa shape index (κ2) is 8.52. The first kappa shape index (κ1) is 19.9. The normalized spacial score (nSPS) is 10.9. The zero-order chi connectivity index (χ0) is 20.4. The lowest BCUT2D eigenvalue weighted by atomic mass is 10.2. The van der Waals surface area contributed by atoms with E-state index in [4.69, 9.17) is 14.5 Å². The molecule has 4 rings (SSSR count). The number of fused-ring (bicyclic) bond motifs is 1. The van der Waals surface area contributed by atoms with Crippen LogP contribution in [-0.4, -0.2) is 25.1 Å². The third-order valence-electron chi connectivity index (χ3n) is 4.34. The Labute approximate surface area is 184 Å². The van der Waals surface area contributed by atoms with E-state index >= 15 is 0 Å². The summed E-state index contributed by atoms with van der Waals surface area (Å²) >= 11 is 6.26. The van der Waals surface area contributed by atoms with Crippen molar-refractivity contribution in [3.8, 4) is 11.5 Å². The summed E-state index contributed by atoms with van der Waals surface area (Å²) in [6, 6.07) is 17.3. The minimum Gasteiger partial charge on any atom is -0.495 e. The van der Waals surface area contributed by atoms with Gasteiger partial charge in [0, 0.05) is 0 Å². The number of ether oxygens (including phenoxy) is 2. The van der Waals surface area contributed by atoms with E-state index in [1.807, 2.05) is 54.6 Å². The third kappa shape index (κ3) is 4.01. The molecule has 0 unspecified atom stereocenters. The first-order valence-electron chi connectivity index (χ1n) is 8.73. The number of amides is 1. The van der Waals surface area contributed by atoms with Crippen LogP contribution in [0.5, 0.6) is 11.5 Å². The molecule has 148 valence electrons. The molecule has 0 aliphatic heterocycles. The fourth-order valence-corrected chi connectivity index (χ4v) is 5.35. The molecular formula is C21H17BrN2O3S2. The average molecular weight is 489 g/mol. The largest absolute Gasteiger partial charge is 0.495 e. The zero-order valence-electron chi connectivity index (χ0n) is 15.7. The number of anilines is 1. The Balaban J connectivity index is 1.83. The Morgan fingerprint density at radius 3 is 2.38 bits per heavy atom. The molecule has 2 heterocycles. The molecule has 29 heavy (non-hydrogen) atoms. The number of hydrogen-bond acceptors (Lipinski definition) is 6. The number of nitrogens with zero attached hydrogens (tertiary/aromatic N) is 2. The van der Waals surface area contributed by atoms with Crippen LogP contribution in [0.15, 0.2) is 58.4 Å². The maximum atomic E-state index is 13.4. The minimum atomic E-state index is -0.0958. The van der Waals surface area contributed by atoms with Gasteiger partial charge in [-0.2, -0.15) is 0 Å². The van der Waals surface area contributed by atoms with Crippen LogP contribution >= 0.6 is 38.6 Å². The lowest BCUT2D eigenvalue weighted by molar-refractivity contribution is 0.0989. The van der Waals surface area contributed by atoms with Crippen molar-refractivity contribution in [2.45, 2.75) is 6.54 Å². The van der Waals surface area contributed by atoms with E-state index in [-0.39, 0.29) is 5.91 Å². The van der Waals surface area contributed by atoms with Crippen LogP contribution in [0.4, 0.5) is 5.13 Å². The first-order chi connectivity index (χ1) is 14.1. The summed E-state index contributed by atoms with van der Waals surface area (Å²) in [5, 5.41) is 0.598. The minimum absolute atomic E-state index is 0.0958. The Morgan fingerprint density at radius 2 is 1.72 bits per heavy atom. The smallest absolute Gasteiger partial charge is 0.270 e. The van der Waals surface area contributed by atoms with Crippen LogP contribution in [0.2, 0.25) is 0 Å². The van der Waals surface area contributed by atoms with Crippen LogP contribution in [0.3, 0.4) is 0 Å². The number of thiophene rings is 1. The molecule has 0 saturated carbocycles. The van der Waals surface area contributed by atoms with Gasteiger partial charge in [0.15, 0.2) is 5.13 Å². The highest BCUT2D eigenvalue weighted by atomic mass is 79.9. The van der Waals surface area contributed by atoms with Gasteiger partial charge in [0.05, 0.1) is 29.4 Å². The van der Waals surface area contributed by atoms with Crippen LogP contribution in [0.25, 0.3) is 10.2 Å². The number of carbonyl (C=O) groups excluding carboxylic acids is 1. The molecule has 8 heteroatoms. The molecule has 0 atom stereocenters. The quantitative estimate of drug-likeness (QED) is 0.334. The molecule has 0 bridgehead atoms. The number of thiazole rings is 1. The predicted molar refractivity (Wildman–Crippen MR) is 122 cm³/mol. The number of aromatic nitrogens is 1. The lowest BCUT2D eigenvalue weighted by Gasteiger charge is -2.19. The van der Waals surface area contributed by atoms with Crippen molar-refractivity contribution in [3.63, 3.8) is 0 Å². The Kier molecular flexibility index (Phi) is 5.84. The third-order valence-corrected chi connectivity index (χ3v) is 7.05.